The first-order chi connectivity index (χ1) is 12.9. The number of nitrogens with zero attached hydrogens (tertiary/aromatic N) is 2. The van der Waals surface area contributed by atoms with Crippen molar-refractivity contribution in [3.05, 3.63) is 65.4 Å². The summed E-state index contributed by atoms with van der Waals surface area (Å²) in [5, 5.41) is 3.91. The van der Waals surface area contributed by atoms with Crippen LogP contribution in [0.1, 0.15) is 21.6 Å². The van der Waals surface area contributed by atoms with Gasteiger partial charge in [-0.05, 0) is 30.3 Å². The Morgan fingerprint density at radius 1 is 1.19 bits per heavy atom. The summed E-state index contributed by atoms with van der Waals surface area (Å²) in [6, 6.07) is 12.3. The average molecular weight is 390 g/mol. The van der Waals surface area contributed by atoms with Crippen molar-refractivity contribution in [3.63, 3.8) is 0 Å². The number of amides is 1. The second-order valence-corrected chi connectivity index (χ2v) is 7.05. The molecule has 0 aliphatic carbocycles. The summed E-state index contributed by atoms with van der Waals surface area (Å²) in [7, 11) is 1.42. The van der Waals surface area contributed by atoms with Crippen LogP contribution in [0.2, 0.25) is 0 Å². The molecule has 0 fully saturated rings. The van der Waals surface area contributed by atoms with Crippen LogP contribution < -0.4 is 4.90 Å². The van der Waals surface area contributed by atoms with Crippen LogP contribution in [0, 0.1) is 0 Å². The molecular formula is C19H13F3N2O2S. The Labute approximate surface area is 157 Å². The maximum absolute atomic E-state index is 12.9. The molecule has 4 rings (SSSR count). The van der Waals surface area contributed by atoms with Gasteiger partial charge in [-0.25, -0.2) is 0 Å². The molecule has 2 aromatic carbocycles. The van der Waals surface area contributed by atoms with E-state index >= 15 is 0 Å². The van der Waals surface area contributed by atoms with Gasteiger partial charge >= 0.3 is 6.18 Å². The van der Waals surface area contributed by atoms with E-state index in [0.717, 1.165) is 27.5 Å². The third-order valence-corrected chi connectivity index (χ3v) is 5.46. The van der Waals surface area contributed by atoms with E-state index in [0.29, 0.717) is 17.1 Å². The summed E-state index contributed by atoms with van der Waals surface area (Å²) in [4.78, 5) is 15.0. The number of rotatable bonds is 2. The monoisotopic (exact) mass is 390 g/mol. The first kappa shape index (κ1) is 17.7. The summed E-state index contributed by atoms with van der Waals surface area (Å²) >= 11 is 1.56. The molecule has 0 radical (unpaired) electrons. The number of aromatic nitrogens is 1. The molecule has 2 heterocycles. The third kappa shape index (κ3) is 3.10. The minimum absolute atomic E-state index is 0.118. The zero-order valence-electron chi connectivity index (χ0n) is 14.1. The van der Waals surface area contributed by atoms with Crippen LogP contribution in [-0.2, 0) is 11.9 Å². The van der Waals surface area contributed by atoms with Gasteiger partial charge in [-0.15, -0.1) is 11.8 Å². The summed E-state index contributed by atoms with van der Waals surface area (Å²) < 4.78 is 44.2. The average Bonchev–Trinajstić information content (AvgIpc) is 3.11. The summed E-state index contributed by atoms with van der Waals surface area (Å²) in [6.07, 6.45) is -4.48. The molecule has 0 saturated heterocycles. The number of benzene rings is 2. The van der Waals surface area contributed by atoms with E-state index in [4.69, 9.17) is 4.52 Å². The molecule has 1 aliphatic heterocycles. The van der Waals surface area contributed by atoms with Crippen molar-refractivity contribution >= 4 is 23.4 Å². The fourth-order valence-electron chi connectivity index (χ4n) is 2.92. The van der Waals surface area contributed by atoms with Crippen molar-refractivity contribution < 1.29 is 22.5 Å². The number of carbonyl (C=O) groups excluding carboxylic acids is 1. The highest BCUT2D eigenvalue weighted by atomic mass is 32.2. The topological polar surface area (TPSA) is 46.3 Å². The standard InChI is InChI=1S/C19H13F3N2O2S/c1-24(12-6-4-5-11(9-12)19(20,21)22)18(25)16-14-10-27-15-8-3-2-7-13(15)17(14)26-23-16/h2-9H,10H2,1H3. The highest BCUT2D eigenvalue weighted by Gasteiger charge is 2.32. The van der Waals surface area contributed by atoms with Gasteiger partial charge < -0.3 is 9.42 Å². The van der Waals surface area contributed by atoms with E-state index in [1.807, 2.05) is 24.3 Å². The molecule has 0 saturated carbocycles. The quantitative estimate of drug-likeness (QED) is 0.600. The molecule has 0 atom stereocenters. The molecule has 0 spiro atoms. The molecule has 1 aromatic heterocycles. The van der Waals surface area contributed by atoms with Crippen molar-refractivity contribution in [1.82, 2.24) is 5.16 Å². The lowest BCUT2D eigenvalue weighted by atomic mass is 10.1. The van der Waals surface area contributed by atoms with Crippen LogP contribution in [0.3, 0.4) is 0 Å². The number of hydrogen-bond donors (Lipinski definition) is 0. The van der Waals surface area contributed by atoms with Crippen molar-refractivity contribution in [2.45, 2.75) is 16.8 Å². The summed E-state index contributed by atoms with van der Waals surface area (Å²) in [5.41, 5.74) is 0.952. The fourth-order valence-corrected chi connectivity index (χ4v) is 3.98. The zero-order chi connectivity index (χ0) is 19.2. The normalized spacial score (nSPS) is 13.0. The van der Waals surface area contributed by atoms with E-state index in [2.05, 4.69) is 5.16 Å². The van der Waals surface area contributed by atoms with Crippen molar-refractivity contribution in [3.8, 4) is 11.3 Å². The van der Waals surface area contributed by atoms with Gasteiger partial charge in [-0.2, -0.15) is 13.2 Å². The molecule has 0 bridgehead atoms. The number of halogens is 3. The first-order valence-electron chi connectivity index (χ1n) is 8.02. The molecule has 3 aromatic rings. The number of anilines is 1. The molecule has 8 heteroatoms. The Bertz CT molecular complexity index is 1030. The fraction of sp³-hybridized carbons (Fsp3) is 0.158. The third-order valence-electron chi connectivity index (χ3n) is 4.36. The molecule has 0 unspecified atom stereocenters. The van der Waals surface area contributed by atoms with Gasteiger partial charge in [0.05, 0.1) is 5.56 Å². The van der Waals surface area contributed by atoms with Gasteiger partial charge in [0.1, 0.15) is 0 Å². The van der Waals surface area contributed by atoms with Gasteiger partial charge in [-0.1, -0.05) is 23.4 Å². The second-order valence-electron chi connectivity index (χ2n) is 6.04. The van der Waals surface area contributed by atoms with Crippen LogP contribution in [-0.4, -0.2) is 18.1 Å². The molecule has 4 nitrogen and oxygen atoms in total. The number of fused-ring (bicyclic) bond motifs is 3. The van der Waals surface area contributed by atoms with E-state index in [-0.39, 0.29) is 11.4 Å². The van der Waals surface area contributed by atoms with Gasteiger partial charge in [0.15, 0.2) is 11.5 Å². The Morgan fingerprint density at radius 2 is 1.96 bits per heavy atom. The molecule has 0 N–H and O–H groups in total. The molecule has 1 amide bonds. The summed E-state index contributed by atoms with van der Waals surface area (Å²) in [5.74, 6) is 0.525. The van der Waals surface area contributed by atoms with E-state index in [1.54, 1.807) is 11.8 Å². The second kappa shape index (κ2) is 6.45. The minimum Gasteiger partial charge on any atom is -0.355 e. The van der Waals surface area contributed by atoms with Crippen LogP contribution in [0.4, 0.5) is 18.9 Å². The lowest BCUT2D eigenvalue weighted by molar-refractivity contribution is -0.137. The molecule has 1 aliphatic rings. The van der Waals surface area contributed by atoms with Crippen LogP contribution >= 0.6 is 11.8 Å². The smallest absolute Gasteiger partial charge is 0.355 e. The van der Waals surface area contributed by atoms with Crippen LogP contribution in [0.25, 0.3) is 11.3 Å². The lowest BCUT2D eigenvalue weighted by Crippen LogP contribution is -2.27. The number of alkyl halides is 3. The van der Waals surface area contributed by atoms with Gasteiger partial charge in [0, 0.05) is 34.5 Å². The van der Waals surface area contributed by atoms with E-state index in [9.17, 15) is 18.0 Å². The van der Waals surface area contributed by atoms with Crippen molar-refractivity contribution in [1.29, 1.82) is 0 Å². The Balaban J connectivity index is 1.68. The van der Waals surface area contributed by atoms with Crippen molar-refractivity contribution in [2.75, 3.05) is 11.9 Å². The Hall–Kier alpha value is -2.74. The largest absolute Gasteiger partial charge is 0.416 e. The lowest BCUT2D eigenvalue weighted by Gasteiger charge is -2.19. The molecule has 27 heavy (non-hydrogen) atoms. The number of hydrogen-bond acceptors (Lipinski definition) is 4. The van der Waals surface area contributed by atoms with Gasteiger partial charge in [0.2, 0.25) is 0 Å². The number of carbonyl (C=O) groups is 1. The van der Waals surface area contributed by atoms with E-state index < -0.39 is 17.6 Å². The highest BCUT2D eigenvalue weighted by molar-refractivity contribution is 7.98. The number of thioether (sulfide) groups is 1. The zero-order valence-corrected chi connectivity index (χ0v) is 14.9. The van der Waals surface area contributed by atoms with Gasteiger partial charge in [-0.3, -0.25) is 4.79 Å². The van der Waals surface area contributed by atoms with Crippen LogP contribution in [0.15, 0.2) is 57.9 Å². The molecule has 138 valence electrons. The predicted molar refractivity (Wildman–Crippen MR) is 95.7 cm³/mol. The van der Waals surface area contributed by atoms with Crippen molar-refractivity contribution in [2.24, 2.45) is 0 Å². The predicted octanol–water partition coefficient (Wildman–Crippen LogP) is 5.24. The highest BCUT2D eigenvalue weighted by Crippen LogP contribution is 2.43. The maximum Gasteiger partial charge on any atom is 0.416 e. The SMILES string of the molecule is CN(C(=O)c1noc2c1CSc1ccccc1-2)c1cccc(C(F)(F)F)c1. The minimum atomic E-state index is -4.48. The molecular weight excluding hydrogens is 377 g/mol. The summed E-state index contributed by atoms with van der Waals surface area (Å²) in [6.45, 7) is 0. The Kier molecular flexibility index (Phi) is 4.22. The van der Waals surface area contributed by atoms with E-state index in [1.165, 1.54) is 19.2 Å². The van der Waals surface area contributed by atoms with Gasteiger partial charge in [0.25, 0.3) is 5.91 Å². The maximum atomic E-state index is 12.9. The Morgan fingerprint density at radius 3 is 2.74 bits per heavy atom. The van der Waals surface area contributed by atoms with Crippen LogP contribution in [0.5, 0.6) is 0 Å². The first-order valence-corrected chi connectivity index (χ1v) is 9.01.